The summed E-state index contributed by atoms with van der Waals surface area (Å²) in [6, 6.07) is 20.4. The maximum atomic E-state index is 5.56. The number of rotatable bonds is 11. The average molecular weight is 402 g/mol. The van der Waals surface area contributed by atoms with Crippen molar-refractivity contribution in [2.45, 2.75) is 46.8 Å². The van der Waals surface area contributed by atoms with Crippen molar-refractivity contribution in [1.29, 1.82) is 0 Å². The van der Waals surface area contributed by atoms with E-state index >= 15 is 0 Å². The molecule has 0 aliphatic carbocycles. The van der Waals surface area contributed by atoms with Crippen molar-refractivity contribution in [2.24, 2.45) is 10.9 Å². The topological polar surface area (TPSA) is 30.8 Å². The Labute approximate surface area is 175 Å². The summed E-state index contributed by atoms with van der Waals surface area (Å²) in [6.45, 7) is 8.89. The van der Waals surface area contributed by atoms with Gasteiger partial charge in [0.1, 0.15) is 0 Å². The molecule has 0 N–H and O–H groups in total. The first-order valence-corrected chi connectivity index (χ1v) is 10.8. The fourth-order valence-electron chi connectivity index (χ4n) is 2.53. The van der Waals surface area contributed by atoms with Crippen LogP contribution < -0.4 is 0 Å². The highest BCUT2D eigenvalue weighted by Crippen LogP contribution is 2.10. The smallest absolute Gasteiger partial charge is 0.0864 e. The van der Waals surface area contributed by atoms with Crippen molar-refractivity contribution < 1.29 is 8.92 Å². The molecule has 0 radical (unpaired) electrons. The molecule has 0 saturated carbocycles. The minimum Gasteiger partial charge on any atom is -0.380 e. The van der Waals surface area contributed by atoms with Gasteiger partial charge in [-0.05, 0) is 48.9 Å². The van der Waals surface area contributed by atoms with Gasteiger partial charge in [-0.2, -0.15) is 0 Å². The highest BCUT2D eigenvalue weighted by molar-refractivity contribution is 7.94. The summed E-state index contributed by atoms with van der Waals surface area (Å²) in [5, 5.41) is 0. The van der Waals surface area contributed by atoms with Crippen molar-refractivity contribution in [1.82, 2.24) is 0 Å². The summed E-state index contributed by atoms with van der Waals surface area (Å²) >= 11 is 1.54. The Hall–Kier alpha value is -1.62. The van der Waals surface area contributed by atoms with E-state index < -0.39 is 0 Å². The predicted octanol–water partition coefficient (Wildman–Crippen LogP) is 6.58. The lowest BCUT2D eigenvalue weighted by molar-refractivity contribution is 0.185. The lowest BCUT2D eigenvalue weighted by Crippen LogP contribution is -1.99. The second kappa shape index (κ2) is 16.3. The van der Waals surface area contributed by atoms with E-state index in [1.165, 1.54) is 16.8 Å². The molecule has 0 unspecified atom stereocenters. The van der Waals surface area contributed by atoms with Crippen molar-refractivity contribution in [3.05, 3.63) is 71.8 Å². The van der Waals surface area contributed by atoms with Crippen LogP contribution in [0.15, 0.2) is 65.7 Å². The second-order valence-electron chi connectivity index (χ2n) is 7.06. The van der Waals surface area contributed by atoms with Crippen molar-refractivity contribution >= 4 is 17.8 Å². The fraction of sp³-hybridized carbons (Fsp3) is 0.458. The van der Waals surface area contributed by atoms with Crippen LogP contribution in [0.3, 0.4) is 0 Å². The van der Waals surface area contributed by atoms with Gasteiger partial charge < -0.3 is 8.92 Å². The molecule has 154 valence electrons. The minimum absolute atomic E-state index is 0.682. The van der Waals surface area contributed by atoms with Crippen LogP contribution >= 0.6 is 12.0 Å². The Morgan fingerprint density at radius 1 is 0.929 bits per heavy atom. The van der Waals surface area contributed by atoms with Crippen molar-refractivity contribution in [3.8, 4) is 0 Å². The average Bonchev–Trinajstić information content (AvgIpc) is 2.69. The van der Waals surface area contributed by atoms with E-state index in [0.29, 0.717) is 19.1 Å². The first kappa shape index (κ1) is 24.4. The Balaban J connectivity index is 0.000000362. The van der Waals surface area contributed by atoms with Gasteiger partial charge in [0.25, 0.3) is 0 Å². The molecule has 2 aromatic carbocycles. The summed E-state index contributed by atoms with van der Waals surface area (Å²) in [4.78, 5) is 4.57. The summed E-state index contributed by atoms with van der Waals surface area (Å²) in [5.74, 6) is 1.71. The molecule has 3 nitrogen and oxygen atoms in total. The zero-order valence-corrected chi connectivity index (χ0v) is 18.6. The van der Waals surface area contributed by atoms with Crippen LogP contribution in [0.4, 0.5) is 0 Å². The molecular weight excluding hydrogens is 366 g/mol. The van der Waals surface area contributed by atoms with E-state index in [1.54, 1.807) is 19.2 Å². The van der Waals surface area contributed by atoms with Crippen LogP contribution in [0.25, 0.3) is 0 Å². The van der Waals surface area contributed by atoms with E-state index in [2.05, 4.69) is 37.9 Å². The first-order valence-electron chi connectivity index (χ1n) is 9.93. The molecule has 0 aromatic heterocycles. The van der Waals surface area contributed by atoms with Gasteiger partial charge in [-0.25, -0.2) is 0 Å². The third-order valence-electron chi connectivity index (χ3n) is 3.78. The molecular formula is C24H35NO2S. The largest absolute Gasteiger partial charge is 0.380 e. The maximum Gasteiger partial charge on any atom is 0.0864 e. The van der Waals surface area contributed by atoms with E-state index in [4.69, 9.17) is 8.92 Å². The predicted molar refractivity (Wildman–Crippen MR) is 123 cm³/mol. The van der Waals surface area contributed by atoms with Gasteiger partial charge in [0.05, 0.1) is 13.2 Å². The quantitative estimate of drug-likeness (QED) is 0.242. The van der Waals surface area contributed by atoms with Crippen LogP contribution in [-0.2, 0) is 22.1 Å². The minimum atomic E-state index is 0.682. The van der Waals surface area contributed by atoms with Crippen LogP contribution in [0.5, 0.6) is 0 Å². The Morgan fingerprint density at radius 3 is 2.04 bits per heavy atom. The van der Waals surface area contributed by atoms with Crippen molar-refractivity contribution in [3.63, 3.8) is 0 Å². The summed E-state index contributed by atoms with van der Waals surface area (Å²) in [7, 11) is 1.70. The zero-order chi connectivity index (χ0) is 20.5. The SMILES string of the molecule is CC(CC(C)C)=NCCCSOCc1ccccc1.COCc1ccccc1. The molecule has 2 rings (SSSR count). The van der Waals surface area contributed by atoms with Crippen LogP contribution in [0.1, 0.15) is 44.7 Å². The molecule has 0 saturated heterocycles. The molecule has 2 aromatic rings. The van der Waals surface area contributed by atoms with E-state index in [9.17, 15) is 0 Å². The lowest BCUT2D eigenvalue weighted by atomic mass is 10.1. The van der Waals surface area contributed by atoms with Gasteiger partial charge in [-0.15, -0.1) is 0 Å². The number of methoxy groups -OCH3 is 1. The Bertz CT molecular complexity index is 630. The number of hydrogen-bond donors (Lipinski definition) is 0. The molecule has 0 bridgehead atoms. The zero-order valence-electron chi connectivity index (χ0n) is 17.8. The first-order chi connectivity index (χ1) is 13.6. The van der Waals surface area contributed by atoms with Crippen molar-refractivity contribution in [2.75, 3.05) is 19.4 Å². The lowest BCUT2D eigenvalue weighted by Gasteiger charge is -2.04. The molecule has 0 aliphatic heterocycles. The molecule has 0 atom stereocenters. The van der Waals surface area contributed by atoms with Crippen LogP contribution in [-0.4, -0.2) is 25.1 Å². The van der Waals surface area contributed by atoms with E-state index in [-0.39, 0.29) is 0 Å². The third-order valence-corrected chi connectivity index (χ3v) is 4.52. The van der Waals surface area contributed by atoms with Gasteiger partial charge in [0.2, 0.25) is 0 Å². The second-order valence-corrected chi connectivity index (χ2v) is 7.94. The van der Waals surface area contributed by atoms with Crippen LogP contribution in [0.2, 0.25) is 0 Å². The van der Waals surface area contributed by atoms with Crippen LogP contribution in [0, 0.1) is 5.92 Å². The standard InChI is InChI=1S/C16H25NOS.C8H10O/c1-14(2)12-15(3)17-10-7-11-19-18-13-16-8-5-4-6-9-16;1-9-7-8-5-3-2-4-6-8/h4-6,8-9,14H,7,10-13H2,1-3H3;2-6H,7H2,1H3. The molecule has 28 heavy (non-hydrogen) atoms. The molecule has 0 aliphatic rings. The van der Waals surface area contributed by atoms with E-state index in [1.807, 2.05) is 48.5 Å². The summed E-state index contributed by atoms with van der Waals surface area (Å²) < 4.78 is 10.5. The molecule has 0 fully saturated rings. The normalized spacial score (nSPS) is 11.2. The van der Waals surface area contributed by atoms with E-state index in [0.717, 1.165) is 25.1 Å². The molecule has 4 heteroatoms. The fourth-order valence-corrected chi connectivity index (χ4v) is 3.12. The molecule has 0 heterocycles. The van der Waals surface area contributed by atoms with Gasteiger partial charge in [-0.3, -0.25) is 4.99 Å². The van der Waals surface area contributed by atoms with Gasteiger partial charge in [0.15, 0.2) is 0 Å². The monoisotopic (exact) mass is 401 g/mol. The highest BCUT2D eigenvalue weighted by Gasteiger charge is 1.97. The molecule has 0 spiro atoms. The summed E-state index contributed by atoms with van der Waals surface area (Å²) in [5.41, 5.74) is 3.71. The number of benzene rings is 2. The Morgan fingerprint density at radius 2 is 1.50 bits per heavy atom. The molecule has 0 amide bonds. The number of nitrogens with zero attached hydrogens (tertiary/aromatic N) is 1. The summed E-state index contributed by atoms with van der Waals surface area (Å²) in [6.07, 6.45) is 2.19. The number of hydrogen-bond acceptors (Lipinski definition) is 4. The highest BCUT2D eigenvalue weighted by atomic mass is 32.2. The maximum absolute atomic E-state index is 5.56. The van der Waals surface area contributed by atoms with Gasteiger partial charge in [-0.1, -0.05) is 74.5 Å². The van der Waals surface area contributed by atoms with Gasteiger partial charge in [0, 0.05) is 25.1 Å². The number of ether oxygens (including phenoxy) is 1. The number of aliphatic imine (C=N–C) groups is 1. The third kappa shape index (κ3) is 13.5. The Kier molecular flexibility index (Phi) is 14.3. The van der Waals surface area contributed by atoms with Gasteiger partial charge >= 0.3 is 0 Å².